The number of likely N-dealkylation sites (tertiary alicyclic amines) is 1. The van der Waals surface area contributed by atoms with Crippen LogP contribution in [0.1, 0.15) is 19.8 Å². The first kappa shape index (κ1) is 11.0. The monoisotopic (exact) mass is 199 g/mol. The van der Waals surface area contributed by atoms with Gasteiger partial charge in [0, 0.05) is 6.54 Å². The predicted octanol–water partition coefficient (Wildman–Crippen LogP) is -0.928. The van der Waals surface area contributed by atoms with E-state index >= 15 is 0 Å². The van der Waals surface area contributed by atoms with E-state index in [-0.39, 0.29) is 11.9 Å². The highest BCUT2D eigenvalue weighted by molar-refractivity contribution is 5.89. The van der Waals surface area contributed by atoms with Gasteiger partial charge in [0.2, 0.25) is 11.8 Å². The van der Waals surface area contributed by atoms with Crippen LogP contribution in [0.5, 0.6) is 0 Å². The number of carbonyl (C=O) groups is 2. The van der Waals surface area contributed by atoms with E-state index in [1.807, 2.05) is 6.92 Å². The quantitative estimate of drug-likeness (QED) is 0.562. The van der Waals surface area contributed by atoms with Gasteiger partial charge < -0.3 is 16.0 Å². The SMILES string of the molecule is CCCNCC(=O)N1CCC1C(N)=O. The highest BCUT2D eigenvalue weighted by atomic mass is 16.2. The fraction of sp³-hybridized carbons (Fsp3) is 0.778. The van der Waals surface area contributed by atoms with Crippen LogP contribution in [0, 0.1) is 0 Å². The second kappa shape index (κ2) is 4.95. The Hall–Kier alpha value is -1.10. The molecule has 1 saturated heterocycles. The van der Waals surface area contributed by atoms with Crippen LogP contribution in [0.4, 0.5) is 0 Å². The van der Waals surface area contributed by atoms with Crippen molar-refractivity contribution in [2.45, 2.75) is 25.8 Å². The van der Waals surface area contributed by atoms with Gasteiger partial charge in [-0.3, -0.25) is 9.59 Å². The standard InChI is InChI=1S/C9H17N3O2/c1-2-4-11-6-8(13)12-5-3-7(12)9(10)14/h7,11H,2-6H2,1H3,(H2,10,14). The first-order valence-corrected chi connectivity index (χ1v) is 4.96. The molecule has 0 bridgehead atoms. The Bertz CT molecular complexity index is 230. The third-order valence-electron chi connectivity index (χ3n) is 2.37. The number of amides is 2. The topological polar surface area (TPSA) is 75.4 Å². The van der Waals surface area contributed by atoms with Crippen LogP contribution < -0.4 is 11.1 Å². The van der Waals surface area contributed by atoms with Gasteiger partial charge in [-0.05, 0) is 19.4 Å². The van der Waals surface area contributed by atoms with Crippen LogP contribution in [0.15, 0.2) is 0 Å². The van der Waals surface area contributed by atoms with Gasteiger partial charge in [-0.1, -0.05) is 6.92 Å². The lowest BCUT2D eigenvalue weighted by Crippen LogP contribution is -2.58. The summed E-state index contributed by atoms with van der Waals surface area (Å²) in [6, 6.07) is -0.370. The van der Waals surface area contributed by atoms with E-state index < -0.39 is 5.91 Å². The second-order valence-corrected chi connectivity index (χ2v) is 3.47. The Morgan fingerprint density at radius 3 is 2.71 bits per heavy atom. The average Bonchev–Trinajstić information content (AvgIpc) is 2.01. The molecule has 0 aromatic heterocycles. The lowest BCUT2D eigenvalue weighted by Gasteiger charge is -2.38. The number of nitrogens with two attached hydrogens (primary N) is 1. The number of primary amides is 1. The van der Waals surface area contributed by atoms with Crippen molar-refractivity contribution in [1.29, 1.82) is 0 Å². The lowest BCUT2D eigenvalue weighted by molar-refractivity contribution is -0.145. The van der Waals surface area contributed by atoms with E-state index in [4.69, 9.17) is 5.73 Å². The van der Waals surface area contributed by atoms with Crippen molar-refractivity contribution >= 4 is 11.8 Å². The Morgan fingerprint density at radius 2 is 2.29 bits per heavy atom. The van der Waals surface area contributed by atoms with Gasteiger partial charge in [0.15, 0.2) is 0 Å². The molecule has 80 valence electrons. The summed E-state index contributed by atoms with van der Waals surface area (Å²) in [6.45, 7) is 3.81. The van der Waals surface area contributed by atoms with E-state index in [1.54, 1.807) is 0 Å². The molecule has 1 fully saturated rings. The molecule has 0 aromatic rings. The average molecular weight is 199 g/mol. The molecule has 5 nitrogen and oxygen atoms in total. The van der Waals surface area contributed by atoms with Crippen molar-refractivity contribution in [2.24, 2.45) is 5.73 Å². The molecule has 0 aliphatic carbocycles. The zero-order valence-electron chi connectivity index (χ0n) is 8.45. The van der Waals surface area contributed by atoms with Crippen LogP contribution in [-0.4, -0.2) is 42.4 Å². The van der Waals surface area contributed by atoms with Crippen LogP contribution in [0.3, 0.4) is 0 Å². The van der Waals surface area contributed by atoms with Crippen molar-refractivity contribution in [3.63, 3.8) is 0 Å². The van der Waals surface area contributed by atoms with Gasteiger partial charge in [-0.2, -0.15) is 0 Å². The molecule has 1 unspecified atom stereocenters. The first-order chi connectivity index (χ1) is 6.66. The fourth-order valence-electron chi connectivity index (χ4n) is 1.46. The Morgan fingerprint density at radius 1 is 1.57 bits per heavy atom. The minimum Gasteiger partial charge on any atom is -0.368 e. The van der Waals surface area contributed by atoms with E-state index in [1.165, 1.54) is 4.90 Å². The van der Waals surface area contributed by atoms with Crippen molar-refractivity contribution in [3.8, 4) is 0 Å². The molecule has 2 amide bonds. The summed E-state index contributed by atoms with van der Waals surface area (Å²) in [5.74, 6) is -0.436. The van der Waals surface area contributed by atoms with Crippen LogP contribution in [-0.2, 0) is 9.59 Å². The lowest BCUT2D eigenvalue weighted by atomic mass is 10.0. The number of nitrogens with one attached hydrogen (secondary N) is 1. The number of hydrogen-bond acceptors (Lipinski definition) is 3. The second-order valence-electron chi connectivity index (χ2n) is 3.47. The number of hydrogen-bond donors (Lipinski definition) is 2. The first-order valence-electron chi connectivity index (χ1n) is 4.96. The smallest absolute Gasteiger partial charge is 0.240 e. The molecule has 1 atom stereocenters. The van der Waals surface area contributed by atoms with Crippen molar-refractivity contribution in [2.75, 3.05) is 19.6 Å². The van der Waals surface area contributed by atoms with E-state index in [2.05, 4.69) is 5.32 Å². The summed E-state index contributed by atoms with van der Waals surface area (Å²) in [4.78, 5) is 23.8. The van der Waals surface area contributed by atoms with Crippen LogP contribution in [0.2, 0.25) is 0 Å². The molecule has 1 heterocycles. The minimum atomic E-state index is -0.403. The fourth-order valence-corrected chi connectivity index (χ4v) is 1.46. The summed E-state index contributed by atoms with van der Waals surface area (Å²) in [6.07, 6.45) is 1.70. The van der Waals surface area contributed by atoms with E-state index in [9.17, 15) is 9.59 Å². The largest absolute Gasteiger partial charge is 0.368 e. The van der Waals surface area contributed by atoms with Gasteiger partial charge in [0.05, 0.1) is 6.54 Å². The summed E-state index contributed by atoms with van der Waals surface area (Å²) in [5.41, 5.74) is 5.13. The Balaban J connectivity index is 2.27. The molecular formula is C9H17N3O2. The molecule has 0 aromatic carbocycles. The van der Waals surface area contributed by atoms with Crippen LogP contribution >= 0.6 is 0 Å². The maximum atomic E-state index is 11.5. The van der Waals surface area contributed by atoms with Gasteiger partial charge in [-0.15, -0.1) is 0 Å². The highest BCUT2D eigenvalue weighted by Gasteiger charge is 2.35. The molecule has 1 aliphatic heterocycles. The molecule has 1 rings (SSSR count). The molecule has 0 radical (unpaired) electrons. The molecule has 0 spiro atoms. The summed E-state index contributed by atoms with van der Waals surface area (Å²) in [7, 11) is 0. The molecule has 5 heteroatoms. The summed E-state index contributed by atoms with van der Waals surface area (Å²) in [5, 5.41) is 3.00. The highest BCUT2D eigenvalue weighted by Crippen LogP contribution is 2.16. The number of rotatable bonds is 5. The maximum absolute atomic E-state index is 11.5. The Labute approximate surface area is 83.6 Å². The normalized spacial score (nSPS) is 20.4. The third-order valence-corrected chi connectivity index (χ3v) is 2.37. The summed E-state index contributed by atoms with van der Waals surface area (Å²) < 4.78 is 0. The predicted molar refractivity (Wildman–Crippen MR) is 52.5 cm³/mol. The van der Waals surface area contributed by atoms with Gasteiger partial charge >= 0.3 is 0 Å². The minimum absolute atomic E-state index is 0.0338. The van der Waals surface area contributed by atoms with Gasteiger partial charge in [-0.25, -0.2) is 0 Å². The zero-order chi connectivity index (χ0) is 10.6. The maximum Gasteiger partial charge on any atom is 0.240 e. The van der Waals surface area contributed by atoms with E-state index in [0.717, 1.165) is 13.0 Å². The van der Waals surface area contributed by atoms with E-state index in [0.29, 0.717) is 19.5 Å². The van der Waals surface area contributed by atoms with Crippen molar-refractivity contribution in [3.05, 3.63) is 0 Å². The summed E-state index contributed by atoms with van der Waals surface area (Å²) >= 11 is 0. The van der Waals surface area contributed by atoms with Crippen LogP contribution in [0.25, 0.3) is 0 Å². The van der Waals surface area contributed by atoms with Crippen molar-refractivity contribution in [1.82, 2.24) is 10.2 Å². The van der Waals surface area contributed by atoms with Crippen molar-refractivity contribution < 1.29 is 9.59 Å². The number of nitrogens with zero attached hydrogens (tertiary/aromatic N) is 1. The third kappa shape index (κ3) is 2.45. The Kier molecular flexibility index (Phi) is 3.88. The molecular weight excluding hydrogens is 182 g/mol. The van der Waals surface area contributed by atoms with Gasteiger partial charge in [0.1, 0.15) is 6.04 Å². The zero-order valence-corrected chi connectivity index (χ0v) is 8.45. The molecule has 3 N–H and O–H groups in total. The molecule has 1 aliphatic rings. The molecule has 0 saturated carbocycles. The van der Waals surface area contributed by atoms with Gasteiger partial charge in [0.25, 0.3) is 0 Å². The number of carbonyl (C=O) groups excluding carboxylic acids is 2. The molecule has 14 heavy (non-hydrogen) atoms.